The van der Waals surface area contributed by atoms with Crippen LogP contribution in [-0.2, 0) is 0 Å². The molecule has 2 rings (SSSR count). The minimum Gasteiger partial charge on any atom is -0.395 e. The summed E-state index contributed by atoms with van der Waals surface area (Å²) in [5, 5.41) is 9.58. The molecule has 20 heavy (non-hydrogen) atoms. The number of aromatic nitrogens is 2. The normalized spacial score (nSPS) is 17.9. The lowest BCUT2D eigenvalue weighted by Gasteiger charge is -2.29. The van der Waals surface area contributed by atoms with Crippen LogP contribution in [0.25, 0.3) is 0 Å². The fourth-order valence-corrected chi connectivity index (χ4v) is 2.61. The van der Waals surface area contributed by atoms with Gasteiger partial charge in [0.25, 0.3) is 5.91 Å². The summed E-state index contributed by atoms with van der Waals surface area (Å²) in [6.45, 7) is 8.02. The van der Waals surface area contributed by atoms with E-state index in [0.717, 1.165) is 12.2 Å². The zero-order valence-electron chi connectivity index (χ0n) is 12.4. The molecule has 1 amide bonds. The molecule has 0 spiro atoms. The van der Waals surface area contributed by atoms with Gasteiger partial charge in [0.1, 0.15) is 0 Å². The molecule has 1 aromatic heterocycles. The standard InChI is InChI=1S/C14H25N5O/c1-10(9-19-6-4-3-5-7-19)8-16-14(20)13-12(15)11(2)17-18-13/h10H,3-9,15H2,1-2H3,(H,16,20)(H,17,18). The molecule has 1 atom stereocenters. The number of aryl methyl sites for hydroxylation is 1. The Hall–Kier alpha value is -1.56. The number of likely N-dealkylation sites (tertiary alicyclic amines) is 1. The maximum atomic E-state index is 12.0. The van der Waals surface area contributed by atoms with Crippen LogP contribution in [0.5, 0.6) is 0 Å². The number of nitrogens with zero attached hydrogens (tertiary/aromatic N) is 2. The van der Waals surface area contributed by atoms with Gasteiger partial charge in [0.05, 0.1) is 11.4 Å². The van der Waals surface area contributed by atoms with Gasteiger partial charge in [0.15, 0.2) is 5.69 Å². The number of H-pyrrole nitrogens is 1. The lowest BCUT2D eigenvalue weighted by Crippen LogP contribution is -2.38. The number of hydrogen-bond acceptors (Lipinski definition) is 4. The third kappa shape index (κ3) is 3.72. The number of nitrogens with one attached hydrogen (secondary N) is 2. The summed E-state index contributed by atoms with van der Waals surface area (Å²) >= 11 is 0. The molecule has 1 fully saturated rings. The molecule has 1 unspecified atom stereocenters. The van der Waals surface area contributed by atoms with Crippen molar-refractivity contribution in [3.8, 4) is 0 Å². The molecule has 2 heterocycles. The first-order valence-corrected chi connectivity index (χ1v) is 7.39. The average molecular weight is 279 g/mol. The van der Waals surface area contributed by atoms with E-state index in [0.29, 0.717) is 23.8 Å². The number of carbonyl (C=O) groups is 1. The average Bonchev–Trinajstić information content (AvgIpc) is 2.78. The van der Waals surface area contributed by atoms with E-state index in [-0.39, 0.29) is 5.91 Å². The molecule has 0 saturated carbocycles. The lowest BCUT2D eigenvalue weighted by atomic mass is 10.1. The van der Waals surface area contributed by atoms with Gasteiger partial charge < -0.3 is 16.0 Å². The van der Waals surface area contributed by atoms with Crippen LogP contribution in [0.1, 0.15) is 42.4 Å². The Morgan fingerprint density at radius 1 is 1.45 bits per heavy atom. The summed E-state index contributed by atoms with van der Waals surface area (Å²) in [6.07, 6.45) is 3.93. The third-order valence-electron chi connectivity index (χ3n) is 3.84. The highest BCUT2D eigenvalue weighted by atomic mass is 16.1. The van der Waals surface area contributed by atoms with Crippen LogP contribution < -0.4 is 11.1 Å². The Morgan fingerprint density at radius 2 is 2.15 bits per heavy atom. The second-order valence-electron chi connectivity index (χ2n) is 5.79. The SMILES string of the molecule is Cc1[nH]nc(C(=O)NCC(C)CN2CCCCC2)c1N. The van der Waals surface area contributed by atoms with Crippen molar-refractivity contribution >= 4 is 11.6 Å². The number of nitrogens with two attached hydrogens (primary N) is 1. The Balaban J connectivity index is 1.76. The zero-order chi connectivity index (χ0) is 14.5. The molecule has 112 valence electrons. The van der Waals surface area contributed by atoms with Crippen molar-refractivity contribution in [1.82, 2.24) is 20.4 Å². The minimum absolute atomic E-state index is 0.197. The highest BCUT2D eigenvalue weighted by Crippen LogP contribution is 2.13. The second kappa shape index (κ2) is 6.74. The van der Waals surface area contributed by atoms with Crippen molar-refractivity contribution in [2.45, 2.75) is 33.1 Å². The van der Waals surface area contributed by atoms with E-state index in [1.807, 2.05) is 0 Å². The van der Waals surface area contributed by atoms with Gasteiger partial charge >= 0.3 is 0 Å². The largest absolute Gasteiger partial charge is 0.395 e. The van der Waals surface area contributed by atoms with Gasteiger partial charge in [-0.1, -0.05) is 13.3 Å². The summed E-state index contributed by atoms with van der Waals surface area (Å²) in [7, 11) is 0. The first kappa shape index (κ1) is 14.8. The van der Waals surface area contributed by atoms with Gasteiger partial charge in [-0.05, 0) is 38.8 Å². The van der Waals surface area contributed by atoms with E-state index in [2.05, 4.69) is 27.3 Å². The van der Waals surface area contributed by atoms with Crippen LogP contribution >= 0.6 is 0 Å². The quantitative estimate of drug-likeness (QED) is 0.754. The van der Waals surface area contributed by atoms with E-state index >= 15 is 0 Å². The van der Waals surface area contributed by atoms with Crippen LogP contribution in [0.4, 0.5) is 5.69 Å². The second-order valence-corrected chi connectivity index (χ2v) is 5.79. The monoisotopic (exact) mass is 279 g/mol. The number of nitrogen functional groups attached to an aromatic ring is 1. The van der Waals surface area contributed by atoms with Crippen molar-refractivity contribution in [2.24, 2.45) is 5.92 Å². The number of hydrogen-bond donors (Lipinski definition) is 3. The first-order chi connectivity index (χ1) is 9.58. The van der Waals surface area contributed by atoms with Crippen LogP contribution in [-0.4, -0.2) is 47.2 Å². The Bertz CT molecular complexity index is 450. The molecular weight excluding hydrogens is 254 g/mol. The Labute approximate surface area is 120 Å². The van der Waals surface area contributed by atoms with Crippen LogP contribution in [0, 0.1) is 12.8 Å². The highest BCUT2D eigenvalue weighted by Gasteiger charge is 2.17. The van der Waals surface area contributed by atoms with Gasteiger partial charge in [-0.2, -0.15) is 5.10 Å². The van der Waals surface area contributed by atoms with Gasteiger partial charge in [-0.3, -0.25) is 9.89 Å². The number of amides is 1. The number of carbonyl (C=O) groups excluding carboxylic acids is 1. The number of piperidine rings is 1. The number of aromatic amines is 1. The van der Waals surface area contributed by atoms with E-state index in [4.69, 9.17) is 5.73 Å². The summed E-state index contributed by atoms with van der Waals surface area (Å²) in [6, 6.07) is 0. The fourth-order valence-electron chi connectivity index (χ4n) is 2.61. The molecule has 1 aliphatic rings. The Kier molecular flexibility index (Phi) is 5.00. The van der Waals surface area contributed by atoms with E-state index < -0.39 is 0 Å². The maximum Gasteiger partial charge on any atom is 0.273 e. The van der Waals surface area contributed by atoms with E-state index in [1.54, 1.807) is 6.92 Å². The third-order valence-corrected chi connectivity index (χ3v) is 3.84. The van der Waals surface area contributed by atoms with Crippen molar-refractivity contribution in [2.75, 3.05) is 31.9 Å². The van der Waals surface area contributed by atoms with Gasteiger partial charge in [-0.25, -0.2) is 0 Å². The van der Waals surface area contributed by atoms with Gasteiger partial charge in [0.2, 0.25) is 0 Å². The maximum absolute atomic E-state index is 12.0. The molecule has 1 saturated heterocycles. The fraction of sp³-hybridized carbons (Fsp3) is 0.714. The predicted octanol–water partition coefficient (Wildman–Crippen LogP) is 1.15. The van der Waals surface area contributed by atoms with Gasteiger partial charge in [-0.15, -0.1) is 0 Å². The van der Waals surface area contributed by atoms with Crippen molar-refractivity contribution in [1.29, 1.82) is 0 Å². The Morgan fingerprint density at radius 3 is 2.75 bits per heavy atom. The van der Waals surface area contributed by atoms with Crippen molar-refractivity contribution < 1.29 is 4.79 Å². The van der Waals surface area contributed by atoms with Crippen LogP contribution in [0.2, 0.25) is 0 Å². The molecule has 1 aliphatic heterocycles. The van der Waals surface area contributed by atoms with E-state index in [9.17, 15) is 4.79 Å². The smallest absolute Gasteiger partial charge is 0.273 e. The molecule has 4 N–H and O–H groups in total. The molecule has 1 aromatic rings. The van der Waals surface area contributed by atoms with Crippen LogP contribution in [0.3, 0.4) is 0 Å². The molecule has 6 heteroatoms. The summed E-state index contributed by atoms with van der Waals surface area (Å²) in [5.41, 5.74) is 7.26. The number of rotatable bonds is 5. The first-order valence-electron chi connectivity index (χ1n) is 7.39. The predicted molar refractivity (Wildman–Crippen MR) is 79.5 cm³/mol. The van der Waals surface area contributed by atoms with Crippen molar-refractivity contribution in [3.05, 3.63) is 11.4 Å². The molecule has 0 aliphatic carbocycles. The molecule has 6 nitrogen and oxygen atoms in total. The summed E-state index contributed by atoms with van der Waals surface area (Å²) < 4.78 is 0. The summed E-state index contributed by atoms with van der Waals surface area (Å²) in [4.78, 5) is 14.5. The molecule has 0 aromatic carbocycles. The number of anilines is 1. The summed E-state index contributed by atoms with van der Waals surface area (Å²) in [5.74, 6) is 0.232. The highest BCUT2D eigenvalue weighted by molar-refractivity contribution is 5.97. The molecule has 0 bridgehead atoms. The van der Waals surface area contributed by atoms with Gasteiger partial charge in [0, 0.05) is 13.1 Å². The topological polar surface area (TPSA) is 87.0 Å². The van der Waals surface area contributed by atoms with Crippen LogP contribution in [0.15, 0.2) is 0 Å². The minimum atomic E-state index is -0.197. The van der Waals surface area contributed by atoms with E-state index in [1.165, 1.54) is 32.4 Å². The van der Waals surface area contributed by atoms with Crippen molar-refractivity contribution in [3.63, 3.8) is 0 Å². The molecule has 0 radical (unpaired) electrons. The lowest BCUT2D eigenvalue weighted by molar-refractivity contribution is 0.0938. The zero-order valence-corrected chi connectivity index (χ0v) is 12.4. The molecular formula is C14H25N5O.